The third-order valence-corrected chi connectivity index (χ3v) is 6.19. The molecule has 0 unspecified atom stereocenters. The minimum absolute atomic E-state index is 0.105. The standard InChI is InChI=1S/C23H23N3OS/c1-13-8-17(5)22-19(9-13)16(4)11-21-24-25-23(26(21)22)28-12-20(27)18-7-6-14(2)15(3)10-18/h6-11H,12H2,1-5H3. The number of nitrogens with zero attached hydrogens (tertiary/aromatic N) is 3. The van der Waals surface area contributed by atoms with Crippen LogP contribution in [0.1, 0.15) is 38.2 Å². The van der Waals surface area contributed by atoms with Crippen LogP contribution in [-0.2, 0) is 0 Å². The number of Topliss-reactive ketones (excluding diaryl/α,β-unsaturated/α-hetero) is 1. The van der Waals surface area contributed by atoms with Gasteiger partial charge in [0.25, 0.3) is 0 Å². The summed E-state index contributed by atoms with van der Waals surface area (Å²) < 4.78 is 2.08. The van der Waals surface area contributed by atoms with Gasteiger partial charge in [-0.15, -0.1) is 10.2 Å². The third kappa shape index (κ3) is 3.20. The summed E-state index contributed by atoms with van der Waals surface area (Å²) in [7, 11) is 0. The van der Waals surface area contributed by atoms with E-state index in [1.54, 1.807) is 0 Å². The molecule has 2 aromatic carbocycles. The monoisotopic (exact) mass is 389 g/mol. The zero-order valence-electron chi connectivity index (χ0n) is 16.8. The summed E-state index contributed by atoms with van der Waals surface area (Å²) in [5.74, 6) is 0.442. The average Bonchev–Trinajstić information content (AvgIpc) is 3.04. The van der Waals surface area contributed by atoms with Crippen molar-refractivity contribution in [1.29, 1.82) is 0 Å². The highest BCUT2D eigenvalue weighted by Gasteiger charge is 2.16. The van der Waals surface area contributed by atoms with Crippen LogP contribution in [0.5, 0.6) is 0 Å². The van der Waals surface area contributed by atoms with E-state index in [2.05, 4.69) is 60.5 Å². The van der Waals surface area contributed by atoms with Gasteiger partial charge in [0.05, 0.1) is 11.3 Å². The number of rotatable bonds is 4. The van der Waals surface area contributed by atoms with Gasteiger partial charge in [-0.3, -0.25) is 9.20 Å². The van der Waals surface area contributed by atoms with Gasteiger partial charge in [0.2, 0.25) is 0 Å². The Morgan fingerprint density at radius 3 is 2.43 bits per heavy atom. The van der Waals surface area contributed by atoms with Crippen LogP contribution < -0.4 is 0 Å². The highest BCUT2D eigenvalue weighted by atomic mass is 32.2. The molecule has 4 aromatic rings. The van der Waals surface area contributed by atoms with Crippen LogP contribution in [0.2, 0.25) is 0 Å². The molecule has 28 heavy (non-hydrogen) atoms. The predicted octanol–water partition coefficient (Wildman–Crippen LogP) is 5.40. The van der Waals surface area contributed by atoms with Crippen molar-refractivity contribution in [3.8, 4) is 0 Å². The maximum atomic E-state index is 12.7. The summed E-state index contributed by atoms with van der Waals surface area (Å²) in [5, 5.41) is 10.7. The SMILES string of the molecule is Cc1cc(C)c2c(c1)c(C)cc1nnc(SCC(=O)c3ccc(C)c(C)c3)n12. The molecule has 142 valence electrons. The Balaban J connectivity index is 1.72. The molecule has 0 amide bonds. The largest absolute Gasteiger partial charge is 0.293 e. The molecule has 0 aliphatic heterocycles. The minimum Gasteiger partial charge on any atom is -0.293 e. The van der Waals surface area contributed by atoms with Gasteiger partial charge in [0.1, 0.15) is 0 Å². The Morgan fingerprint density at radius 1 is 0.893 bits per heavy atom. The molecule has 0 saturated carbocycles. The van der Waals surface area contributed by atoms with E-state index in [0.717, 1.165) is 27.4 Å². The van der Waals surface area contributed by atoms with Crippen LogP contribution in [-0.4, -0.2) is 26.1 Å². The van der Waals surface area contributed by atoms with Gasteiger partial charge in [0.15, 0.2) is 16.6 Å². The van der Waals surface area contributed by atoms with Crippen molar-refractivity contribution < 1.29 is 4.79 Å². The lowest BCUT2D eigenvalue weighted by atomic mass is 10.0. The van der Waals surface area contributed by atoms with Crippen LogP contribution in [0, 0.1) is 34.6 Å². The van der Waals surface area contributed by atoms with Crippen LogP contribution in [0.4, 0.5) is 0 Å². The number of pyridine rings is 1. The van der Waals surface area contributed by atoms with Crippen molar-refractivity contribution >= 4 is 34.1 Å². The molecule has 0 spiro atoms. The molecule has 0 fully saturated rings. The Hall–Kier alpha value is -2.66. The number of thioether (sulfide) groups is 1. The molecule has 2 heterocycles. The first-order chi connectivity index (χ1) is 13.3. The lowest BCUT2D eigenvalue weighted by Crippen LogP contribution is -2.04. The fourth-order valence-corrected chi connectivity index (χ4v) is 4.47. The van der Waals surface area contributed by atoms with Crippen LogP contribution in [0.25, 0.3) is 16.6 Å². The smallest absolute Gasteiger partial charge is 0.196 e. The summed E-state index contributed by atoms with van der Waals surface area (Å²) >= 11 is 1.44. The van der Waals surface area contributed by atoms with Crippen molar-refractivity contribution in [2.45, 2.75) is 39.8 Å². The topological polar surface area (TPSA) is 47.3 Å². The molecular weight excluding hydrogens is 366 g/mol. The zero-order valence-corrected chi connectivity index (χ0v) is 17.6. The summed E-state index contributed by atoms with van der Waals surface area (Å²) in [6.45, 7) is 10.4. The second-order valence-corrected chi connectivity index (χ2v) is 8.43. The van der Waals surface area contributed by atoms with Crippen molar-refractivity contribution in [3.63, 3.8) is 0 Å². The first-order valence-corrected chi connectivity index (χ1v) is 10.3. The average molecular weight is 390 g/mol. The van der Waals surface area contributed by atoms with E-state index >= 15 is 0 Å². The molecule has 0 atom stereocenters. The number of hydrogen-bond acceptors (Lipinski definition) is 4. The minimum atomic E-state index is 0.105. The first-order valence-electron chi connectivity index (χ1n) is 9.34. The van der Waals surface area contributed by atoms with Gasteiger partial charge in [0, 0.05) is 10.9 Å². The van der Waals surface area contributed by atoms with Gasteiger partial charge >= 0.3 is 0 Å². The quantitative estimate of drug-likeness (QED) is 0.346. The number of aromatic nitrogens is 3. The summed E-state index contributed by atoms with van der Waals surface area (Å²) in [5.41, 5.74) is 8.62. The second kappa shape index (κ2) is 7.06. The molecule has 0 aliphatic carbocycles. The highest BCUT2D eigenvalue weighted by Crippen LogP contribution is 2.29. The third-order valence-electron chi connectivity index (χ3n) is 5.26. The van der Waals surface area contributed by atoms with Gasteiger partial charge in [-0.2, -0.15) is 0 Å². The van der Waals surface area contributed by atoms with E-state index < -0.39 is 0 Å². The molecule has 0 saturated heterocycles. The van der Waals surface area contributed by atoms with Crippen LogP contribution in [0.3, 0.4) is 0 Å². The van der Waals surface area contributed by atoms with Gasteiger partial charge < -0.3 is 0 Å². The van der Waals surface area contributed by atoms with E-state index in [1.165, 1.54) is 39.4 Å². The van der Waals surface area contributed by atoms with E-state index in [0.29, 0.717) is 5.75 Å². The Labute approximate surface area is 169 Å². The number of ketones is 1. The molecule has 4 rings (SSSR count). The summed E-state index contributed by atoms with van der Waals surface area (Å²) in [4.78, 5) is 12.7. The fraction of sp³-hybridized carbons (Fsp3) is 0.261. The maximum Gasteiger partial charge on any atom is 0.196 e. The number of hydrogen-bond donors (Lipinski definition) is 0. The van der Waals surface area contributed by atoms with E-state index in [-0.39, 0.29) is 5.78 Å². The van der Waals surface area contributed by atoms with E-state index in [4.69, 9.17) is 0 Å². The first kappa shape index (κ1) is 18.7. The van der Waals surface area contributed by atoms with E-state index in [9.17, 15) is 4.79 Å². The normalized spacial score (nSPS) is 11.5. The second-order valence-electron chi connectivity index (χ2n) is 7.49. The molecule has 2 aromatic heterocycles. The predicted molar refractivity (Wildman–Crippen MR) is 116 cm³/mol. The molecule has 0 aliphatic rings. The number of aryl methyl sites for hydroxylation is 5. The maximum absolute atomic E-state index is 12.7. The highest BCUT2D eigenvalue weighted by molar-refractivity contribution is 7.99. The summed E-state index contributed by atoms with van der Waals surface area (Å²) in [6, 6.07) is 12.3. The zero-order chi connectivity index (χ0) is 20.0. The lowest BCUT2D eigenvalue weighted by molar-refractivity contribution is 0.102. The fourth-order valence-electron chi connectivity index (χ4n) is 3.64. The summed E-state index contributed by atoms with van der Waals surface area (Å²) in [6.07, 6.45) is 0. The molecule has 0 N–H and O–H groups in total. The van der Waals surface area contributed by atoms with Crippen LogP contribution >= 0.6 is 11.8 Å². The van der Waals surface area contributed by atoms with Crippen LogP contribution in [0.15, 0.2) is 41.6 Å². The molecule has 0 bridgehead atoms. The van der Waals surface area contributed by atoms with Gasteiger partial charge in [-0.05, 0) is 75.1 Å². The molecule has 4 nitrogen and oxygen atoms in total. The Morgan fingerprint density at radius 2 is 1.68 bits per heavy atom. The lowest BCUT2D eigenvalue weighted by Gasteiger charge is -2.11. The number of benzene rings is 2. The molecular formula is C23H23N3OS. The molecule has 0 radical (unpaired) electrons. The van der Waals surface area contributed by atoms with Crippen molar-refractivity contribution in [3.05, 3.63) is 69.8 Å². The Bertz CT molecular complexity index is 1240. The number of carbonyl (C=O) groups excluding carboxylic acids is 1. The van der Waals surface area contributed by atoms with Gasteiger partial charge in [-0.1, -0.05) is 35.5 Å². The van der Waals surface area contributed by atoms with Crippen molar-refractivity contribution in [2.75, 3.05) is 5.75 Å². The van der Waals surface area contributed by atoms with Gasteiger partial charge in [-0.25, -0.2) is 0 Å². The Kier molecular flexibility index (Phi) is 4.71. The van der Waals surface area contributed by atoms with E-state index in [1.807, 2.05) is 25.1 Å². The van der Waals surface area contributed by atoms with Crippen molar-refractivity contribution in [1.82, 2.24) is 14.6 Å². The number of carbonyl (C=O) groups is 1. The number of fused-ring (bicyclic) bond motifs is 3. The van der Waals surface area contributed by atoms with Crippen molar-refractivity contribution in [2.24, 2.45) is 0 Å². The molecule has 5 heteroatoms.